The van der Waals surface area contributed by atoms with Gasteiger partial charge in [0.1, 0.15) is 6.04 Å². The summed E-state index contributed by atoms with van der Waals surface area (Å²) in [4.78, 5) is 17.2. The maximum absolute atomic E-state index is 12.5. The summed E-state index contributed by atoms with van der Waals surface area (Å²) in [5, 5.41) is 9.35. The molecule has 5 rings (SSSR count). The van der Waals surface area contributed by atoms with E-state index in [0.717, 1.165) is 38.0 Å². The van der Waals surface area contributed by atoms with Gasteiger partial charge in [0, 0.05) is 18.7 Å². The monoisotopic (exact) mass is 441 g/mol. The maximum atomic E-state index is 12.5. The van der Waals surface area contributed by atoms with E-state index < -0.39 is 6.04 Å². The number of hydrogen-bond donors (Lipinski definition) is 2. The fourth-order valence-electron chi connectivity index (χ4n) is 5.62. The van der Waals surface area contributed by atoms with Gasteiger partial charge in [-0.05, 0) is 48.5 Å². The molecule has 3 unspecified atom stereocenters. The number of piperidine rings is 1. The minimum atomic E-state index is -0.463. The van der Waals surface area contributed by atoms with Crippen molar-refractivity contribution in [2.75, 3.05) is 13.1 Å². The third-order valence-corrected chi connectivity index (χ3v) is 7.24. The Kier molecular flexibility index (Phi) is 6.42. The number of carbonyl (C=O) groups is 1. The molecule has 0 saturated carbocycles. The summed E-state index contributed by atoms with van der Waals surface area (Å²) in [5.74, 6) is 0.550. The van der Waals surface area contributed by atoms with Gasteiger partial charge in [-0.1, -0.05) is 85.0 Å². The van der Waals surface area contributed by atoms with Crippen molar-refractivity contribution < 1.29 is 10.0 Å². The smallest absolute Gasteiger partial charge is 0.265 e. The first kappa shape index (κ1) is 21.7. The van der Waals surface area contributed by atoms with Crippen molar-refractivity contribution >= 4 is 5.91 Å². The molecule has 0 spiro atoms. The van der Waals surface area contributed by atoms with E-state index in [0.29, 0.717) is 17.9 Å². The number of benzene rings is 2. The third kappa shape index (κ3) is 4.52. The fraction of sp³-hybridized carbons (Fsp3) is 0.321. The number of nitrogens with one attached hydrogen (secondary N) is 1. The fourth-order valence-corrected chi connectivity index (χ4v) is 5.62. The molecule has 3 atom stereocenters. The molecule has 0 aromatic heterocycles. The van der Waals surface area contributed by atoms with Gasteiger partial charge >= 0.3 is 0 Å². The second kappa shape index (κ2) is 9.77. The molecule has 2 N–H and O–H groups in total. The lowest BCUT2D eigenvalue weighted by atomic mass is 9.79. The zero-order valence-electron chi connectivity index (χ0n) is 18.8. The molecule has 170 valence electrons. The van der Waals surface area contributed by atoms with Gasteiger partial charge in [0.2, 0.25) is 0 Å². The van der Waals surface area contributed by atoms with Crippen molar-refractivity contribution in [1.82, 2.24) is 15.3 Å². The number of amides is 1. The number of nitrogens with zero attached hydrogens (tertiary/aromatic N) is 2. The number of allylic oxidation sites excluding steroid dienone is 2. The van der Waals surface area contributed by atoms with Crippen LogP contribution in [0.4, 0.5) is 0 Å². The Morgan fingerprint density at radius 3 is 2.33 bits per heavy atom. The molecule has 1 fully saturated rings. The van der Waals surface area contributed by atoms with Gasteiger partial charge in [0.25, 0.3) is 5.91 Å². The molecule has 1 aliphatic carbocycles. The van der Waals surface area contributed by atoms with Crippen LogP contribution in [0.1, 0.15) is 30.0 Å². The molecule has 2 aliphatic heterocycles. The normalized spacial score (nSPS) is 23.8. The Morgan fingerprint density at radius 2 is 1.64 bits per heavy atom. The van der Waals surface area contributed by atoms with Crippen LogP contribution in [0.5, 0.6) is 0 Å². The summed E-state index contributed by atoms with van der Waals surface area (Å²) in [7, 11) is 0. The summed E-state index contributed by atoms with van der Waals surface area (Å²) in [6.45, 7) is 2.56. The molecule has 2 aromatic carbocycles. The van der Waals surface area contributed by atoms with Crippen molar-refractivity contribution in [2.24, 2.45) is 11.8 Å². The van der Waals surface area contributed by atoms with Crippen LogP contribution in [0.2, 0.25) is 0 Å². The van der Waals surface area contributed by atoms with Crippen LogP contribution in [0.15, 0.2) is 96.7 Å². The quantitative estimate of drug-likeness (QED) is 0.514. The van der Waals surface area contributed by atoms with E-state index in [1.165, 1.54) is 11.1 Å². The van der Waals surface area contributed by atoms with Crippen molar-refractivity contribution in [1.29, 1.82) is 0 Å². The summed E-state index contributed by atoms with van der Waals surface area (Å²) < 4.78 is 0. The Labute approximate surface area is 195 Å². The Morgan fingerprint density at radius 1 is 0.970 bits per heavy atom. The van der Waals surface area contributed by atoms with Crippen LogP contribution in [0.3, 0.4) is 0 Å². The van der Waals surface area contributed by atoms with Crippen LogP contribution in [0.25, 0.3) is 0 Å². The molecule has 1 amide bonds. The molecule has 3 aliphatic rings. The predicted octanol–water partition coefficient (Wildman–Crippen LogP) is 4.46. The third-order valence-electron chi connectivity index (χ3n) is 7.24. The predicted molar refractivity (Wildman–Crippen MR) is 129 cm³/mol. The summed E-state index contributed by atoms with van der Waals surface area (Å²) >= 11 is 0. The Bertz CT molecular complexity index is 1040. The molecule has 5 heteroatoms. The van der Waals surface area contributed by atoms with Gasteiger partial charge in [0.15, 0.2) is 0 Å². The molecular formula is C28H31N3O2. The van der Waals surface area contributed by atoms with Gasteiger partial charge in [0.05, 0.1) is 6.04 Å². The molecule has 5 nitrogen and oxygen atoms in total. The van der Waals surface area contributed by atoms with E-state index in [1.807, 2.05) is 35.8 Å². The molecule has 2 heterocycles. The first-order chi connectivity index (χ1) is 16.2. The van der Waals surface area contributed by atoms with Crippen molar-refractivity contribution in [2.45, 2.75) is 31.5 Å². The molecule has 2 aromatic rings. The average molecular weight is 442 g/mol. The summed E-state index contributed by atoms with van der Waals surface area (Å²) in [5.41, 5.74) is 5.63. The minimum absolute atomic E-state index is 0.366. The highest BCUT2D eigenvalue weighted by Gasteiger charge is 2.39. The van der Waals surface area contributed by atoms with Gasteiger partial charge < -0.3 is 4.90 Å². The van der Waals surface area contributed by atoms with Crippen molar-refractivity contribution in [3.63, 3.8) is 0 Å². The lowest BCUT2D eigenvalue weighted by Crippen LogP contribution is -2.44. The van der Waals surface area contributed by atoms with Crippen molar-refractivity contribution in [3.8, 4) is 0 Å². The SMILES string of the molecule is O=C(NO)C(c1ccccc1)N1CCC(C2=CN(Cc3ccccc3)C3C=CC=CC23)CC1. The molecule has 0 bridgehead atoms. The van der Waals surface area contributed by atoms with E-state index >= 15 is 0 Å². The maximum Gasteiger partial charge on any atom is 0.265 e. The average Bonchev–Trinajstić information content (AvgIpc) is 3.24. The van der Waals surface area contributed by atoms with Gasteiger partial charge in [-0.2, -0.15) is 0 Å². The zero-order valence-corrected chi connectivity index (χ0v) is 18.8. The van der Waals surface area contributed by atoms with E-state index in [4.69, 9.17) is 0 Å². The van der Waals surface area contributed by atoms with E-state index in [-0.39, 0.29) is 5.91 Å². The minimum Gasteiger partial charge on any atom is -0.366 e. The Balaban J connectivity index is 1.31. The molecule has 0 radical (unpaired) electrons. The van der Waals surface area contributed by atoms with E-state index in [9.17, 15) is 10.0 Å². The standard InChI is InChI=1S/C28H31N3O2/c32-28(29-33)27(23-11-5-2-6-12-23)30-17-15-22(16-18-30)25-20-31(19-21-9-3-1-4-10-21)26-14-8-7-13-24(25)26/h1-14,20,22,24,26-27,33H,15-19H2,(H,29,32). The number of carbonyl (C=O) groups excluding carboxylic acids is 1. The lowest BCUT2D eigenvalue weighted by Gasteiger charge is -2.38. The highest BCUT2D eigenvalue weighted by atomic mass is 16.5. The van der Waals surface area contributed by atoms with Gasteiger partial charge in [-0.25, -0.2) is 5.48 Å². The van der Waals surface area contributed by atoms with E-state index in [1.54, 1.807) is 0 Å². The number of rotatable bonds is 6. The lowest BCUT2D eigenvalue weighted by molar-refractivity contribution is -0.135. The summed E-state index contributed by atoms with van der Waals surface area (Å²) in [6, 6.07) is 20.3. The number of hydroxylamine groups is 1. The number of fused-ring (bicyclic) bond motifs is 1. The van der Waals surface area contributed by atoms with Crippen LogP contribution < -0.4 is 5.48 Å². The van der Waals surface area contributed by atoms with Gasteiger partial charge in [-0.3, -0.25) is 14.9 Å². The van der Waals surface area contributed by atoms with E-state index in [2.05, 4.69) is 70.6 Å². The van der Waals surface area contributed by atoms with Gasteiger partial charge in [-0.15, -0.1) is 0 Å². The van der Waals surface area contributed by atoms with Crippen molar-refractivity contribution in [3.05, 3.63) is 108 Å². The largest absolute Gasteiger partial charge is 0.366 e. The second-order valence-electron chi connectivity index (χ2n) is 9.17. The summed E-state index contributed by atoms with van der Waals surface area (Å²) in [6.07, 6.45) is 13.4. The zero-order chi connectivity index (χ0) is 22.6. The van der Waals surface area contributed by atoms with Crippen LogP contribution in [-0.4, -0.2) is 40.0 Å². The highest BCUT2D eigenvalue weighted by Crippen LogP contribution is 2.41. The topological polar surface area (TPSA) is 55.8 Å². The van der Waals surface area contributed by atoms with Crippen LogP contribution >= 0.6 is 0 Å². The second-order valence-corrected chi connectivity index (χ2v) is 9.17. The van der Waals surface area contributed by atoms with Crippen LogP contribution in [-0.2, 0) is 11.3 Å². The van der Waals surface area contributed by atoms with Crippen LogP contribution in [0, 0.1) is 11.8 Å². The number of likely N-dealkylation sites (tertiary alicyclic amines) is 1. The Hall–Kier alpha value is -3.15. The molecule has 1 saturated heterocycles. The first-order valence-corrected chi connectivity index (χ1v) is 11.8. The molecule has 33 heavy (non-hydrogen) atoms. The first-order valence-electron chi connectivity index (χ1n) is 11.8. The number of hydrogen-bond acceptors (Lipinski definition) is 4. The highest BCUT2D eigenvalue weighted by molar-refractivity contribution is 5.82. The molecular weight excluding hydrogens is 410 g/mol.